The van der Waals surface area contributed by atoms with E-state index in [1.807, 2.05) is 37.3 Å². The van der Waals surface area contributed by atoms with Crippen molar-refractivity contribution in [2.24, 2.45) is 5.73 Å². The number of aliphatic hydroxyl groups is 1. The number of nitrogens with two attached hydrogens (primary N) is 1. The molecule has 0 saturated heterocycles. The molecule has 0 saturated carbocycles. The van der Waals surface area contributed by atoms with Gasteiger partial charge >= 0.3 is 0 Å². The van der Waals surface area contributed by atoms with Crippen molar-refractivity contribution in [3.63, 3.8) is 0 Å². The number of aromatic nitrogens is 1. The van der Waals surface area contributed by atoms with Crippen molar-refractivity contribution in [2.45, 2.75) is 18.9 Å². The minimum Gasteiger partial charge on any atom is -0.388 e. The standard InChI is InChI=1S/C15H17ClN2O/c1-10-8-11(5-6-13(10)16)15(19)12(9-17)14-4-2-3-7-18-14/h2-8,12,15,19H,9,17H2,1H3. The van der Waals surface area contributed by atoms with Crippen molar-refractivity contribution < 1.29 is 5.11 Å². The van der Waals surface area contributed by atoms with Gasteiger partial charge in [0.05, 0.1) is 6.10 Å². The van der Waals surface area contributed by atoms with Crippen molar-refractivity contribution >= 4 is 11.6 Å². The summed E-state index contributed by atoms with van der Waals surface area (Å²) in [6.45, 7) is 2.25. The molecule has 1 heterocycles. The van der Waals surface area contributed by atoms with Crippen LogP contribution in [-0.4, -0.2) is 16.6 Å². The third kappa shape index (κ3) is 3.13. The zero-order chi connectivity index (χ0) is 13.8. The number of hydrogen-bond acceptors (Lipinski definition) is 3. The second-order valence-electron chi connectivity index (χ2n) is 4.55. The van der Waals surface area contributed by atoms with Crippen molar-refractivity contribution in [2.75, 3.05) is 6.54 Å². The average Bonchev–Trinajstić information content (AvgIpc) is 2.44. The van der Waals surface area contributed by atoms with Gasteiger partial charge < -0.3 is 10.8 Å². The van der Waals surface area contributed by atoms with E-state index in [1.165, 1.54) is 0 Å². The summed E-state index contributed by atoms with van der Waals surface area (Å²) in [7, 11) is 0. The zero-order valence-corrected chi connectivity index (χ0v) is 11.5. The van der Waals surface area contributed by atoms with Crippen LogP contribution in [0.25, 0.3) is 0 Å². The molecule has 3 nitrogen and oxygen atoms in total. The summed E-state index contributed by atoms with van der Waals surface area (Å²) in [5.74, 6) is -0.221. The highest BCUT2D eigenvalue weighted by Gasteiger charge is 2.22. The van der Waals surface area contributed by atoms with Crippen LogP contribution >= 0.6 is 11.6 Å². The van der Waals surface area contributed by atoms with Crippen LogP contribution in [0.2, 0.25) is 5.02 Å². The molecule has 0 amide bonds. The lowest BCUT2D eigenvalue weighted by Crippen LogP contribution is -2.21. The first-order chi connectivity index (χ1) is 9.13. The van der Waals surface area contributed by atoms with Crippen molar-refractivity contribution in [1.29, 1.82) is 0 Å². The number of halogens is 1. The van der Waals surface area contributed by atoms with Gasteiger partial charge in [-0.3, -0.25) is 4.98 Å². The smallest absolute Gasteiger partial charge is 0.0885 e. The first-order valence-electron chi connectivity index (χ1n) is 6.18. The van der Waals surface area contributed by atoms with Gasteiger partial charge in [0.25, 0.3) is 0 Å². The molecule has 0 aliphatic heterocycles. The average molecular weight is 277 g/mol. The van der Waals surface area contributed by atoms with Gasteiger partial charge in [-0.1, -0.05) is 29.8 Å². The summed E-state index contributed by atoms with van der Waals surface area (Å²) in [4.78, 5) is 4.27. The molecule has 2 rings (SSSR count). The quantitative estimate of drug-likeness (QED) is 0.903. The van der Waals surface area contributed by atoms with E-state index in [0.717, 1.165) is 16.8 Å². The monoisotopic (exact) mass is 276 g/mol. The molecule has 4 heteroatoms. The van der Waals surface area contributed by atoms with Crippen molar-refractivity contribution in [3.05, 3.63) is 64.4 Å². The lowest BCUT2D eigenvalue weighted by molar-refractivity contribution is 0.145. The molecule has 2 aromatic rings. The van der Waals surface area contributed by atoms with E-state index in [0.29, 0.717) is 11.6 Å². The maximum Gasteiger partial charge on any atom is 0.0885 e. The third-order valence-corrected chi connectivity index (χ3v) is 3.65. The van der Waals surface area contributed by atoms with Crippen LogP contribution in [0, 0.1) is 6.92 Å². The summed E-state index contributed by atoms with van der Waals surface area (Å²) < 4.78 is 0. The molecule has 1 aromatic carbocycles. The molecule has 0 aliphatic carbocycles. The van der Waals surface area contributed by atoms with E-state index >= 15 is 0 Å². The third-order valence-electron chi connectivity index (χ3n) is 3.23. The molecule has 0 radical (unpaired) electrons. The molecule has 0 aliphatic rings. The number of pyridine rings is 1. The van der Waals surface area contributed by atoms with Gasteiger partial charge in [0.15, 0.2) is 0 Å². The number of hydrogen-bond donors (Lipinski definition) is 2. The zero-order valence-electron chi connectivity index (χ0n) is 10.8. The number of nitrogens with zero attached hydrogens (tertiary/aromatic N) is 1. The lowest BCUT2D eigenvalue weighted by atomic mass is 9.92. The summed E-state index contributed by atoms with van der Waals surface area (Å²) in [6, 6.07) is 11.1. The largest absolute Gasteiger partial charge is 0.388 e. The maximum atomic E-state index is 10.5. The molecule has 3 N–H and O–H groups in total. The molecule has 0 bridgehead atoms. The van der Waals surface area contributed by atoms with Crippen molar-refractivity contribution in [1.82, 2.24) is 4.98 Å². The molecule has 2 unspecified atom stereocenters. The molecule has 2 atom stereocenters. The minimum absolute atomic E-state index is 0.221. The fourth-order valence-corrected chi connectivity index (χ4v) is 2.21. The van der Waals surface area contributed by atoms with Gasteiger partial charge in [0, 0.05) is 29.4 Å². The first kappa shape index (κ1) is 14.0. The number of rotatable bonds is 4. The van der Waals surface area contributed by atoms with E-state index < -0.39 is 6.10 Å². The van der Waals surface area contributed by atoms with E-state index in [4.69, 9.17) is 17.3 Å². The second-order valence-corrected chi connectivity index (χ2v) is 4.96. The van der Waals surface area contributed by atoms with Crippen LogP contribution in [0.1, 0.15) is 28.8 Å². The van der Waals surface area contributed by atoms with Crippen LogP contribution in [0.4, 0.5) is 0 Å². The molecule has 0 spiro atoms. The Labute approximate surface area is 118 Å². The Morgan fingerprint density at radius 1 is 1.32 bits per heavy atom. The molecular formula is C15H17ClN2O. The fraction of sp³-hybridized carbons (Fsp3) is 0.267. The molecule has 1 aromatic heterocycles. The van der Waals surface area contributed by atoms with E-state index in [-0.39, 0.29) is 5.92 Å². The molecular weight excluding hydrogens is 260 g/mol. The SMILES string of the molecule is Cc1cc(C(O)C(CN)c2ccccn2)ccc1Cl. The summed E-state index contributed by atoms with van der Waals surface area (Å²) >= 11 is 6.00. The van der Waals surface area contributed by atoms with Gasteiger partial charge in [0.1, 0.15) is 0 Å². The highest BCUT2D eigenvalue weighted by atomic mass is 35.5. The van der Waals surface area contributed by atoms with Gasteiger partial charge in [-0.05, 0) is 36.2 Å². The van der Waals surface area contributed by atoms with E-state index in [1.54, 1.807) is 12.3 Å². The Morgan fingerprint density at radius 3 is 2.68 bits per heavy atom. The predicted molar refractivity (Wildman–Crippen MR) is 77.2 cm³/mol. The maximum absolute atomic E-state index is 10.5. The highest BCUT2D eigenvalue weighted by Crippen LogP contribution is 2.30. The van der Waals surface area contributed by atoms with Gasteiger partial charge in [-0.2, -0.15) is 0 Å². The first-order valence-corrected chi connectivity index (χ1v) is 6.56. The molecule has 0 fully saturated rings. The molecule has 100 valence electrons. The lowest BCUT2D eigenvalue weighted by Gasteiger charge is -2.21. The number of benzene rings is 1. The van der Waals surface area contributed by atoms with Crippen LogP contribution in [0.5, 0.6) is 0 Å². The van der Waals surface area contributed by atoms with Crippen LogP contribution in [0.15, 0.2) is 42.6 Å². The summed E-state index contributed by atoms with van der Waals surface area (Å²) in [6.07, 6.45) is 1.02. The summed E-state index contributed by atoms with van der Waals surface area (Å²) in [5.41, 5.74) is 8.33. The van der Waals surface area contributed by atoms with Gasteiger partial charge in [-0.25, -0.2) is 0 Å². The molecule has 19 heavy (non-hydrogen) atoms. The number of aryl methyl sites for hydroxylation is 1. The Bertz CT molecular complexity index is 545. The summed E-state index contributed by atoms with van der Waals surface area (Å²) in [5, 5.41) is 11.2. The van der Waals surface area contributed by atoms with Crippen molar-refractivity contribution in [3.8, 4) is 0 Å². The second kappa shape index (κ2) is 6.15. The fourth-order valence-electron chi connectivity index (χ4n) is 2.09. The van der Waals surface area contributed by atoms with Gasteiger partial charge in [-0.15, -0.1) is 0 Å². The van der Waals surface area contributed by atoms with Gasteiger partial charge in [0.2, 0.25) is 0 Å². The minimum atomic E-state index is -0.684. The predicted octanol–water partition coefficient (Wildman–Crippen LogP) is 2.82. The Hall–Kier alpha value is -1.42. The van der Waals surface area contributed by atoms with Crippen LogP contribution < -0.4 is 5.73 Å². The normalized spacial score (nSPS) is 14.1. The Morgan fingerprint density at radius 2 is 2.11 bits per heavy atom. The van der Waals surface area contributed by atoms with E-state index in [9.17, 15) is 5.11 Å². The highest BCUT2D eigenvalue weighted by molar-refractivity contribution is 6.31. The number of aliphatic hydroxyl groups excluding tert-OH is 1. The van der Waals surface area contributed by atoms with E-state index in [2.05, 4.69) is 4.98 Å². The van der Waals surface area contributed by atoms with Crippen LogP contribution in [-0.2, 0) is 0 Å². The Kier molecular flexibility index (Phi) is 4.53. The Balaban J connectivity index is 2.30. The van der Waals surface area contributed by atoms with Crippen LogP contribution in [0.3, 0.4) is 0 Å². The topological polar surface area (TPSA) is 59.1 Å².